The summed E-state index contributed by atoms with van der Waals surface area (Å²) in [7, 11) is 0. The fraction of sp³-hybridized carbons (Fsp3) is 0.500. The quantitative estimate of drug-likeness (QED) is 0.817. The summed E-state index contributed by atoms with van der Waals surface area (Å²) in [6, 6.07) is 0.192. The van der Waals surface area contributed by atoms with Crippen LogP contribution in [0.3, 0.4) is 0 Å². The molecule has 9 heteroatoms. The van der Waals surface area contributed by atoms with Crippen molar-refractivity contribution in [1.29, 1.82) is 0 Å². The Morgan fingerprint density at radius 3 is 2.84 bits per heavy atom. The zero-order valence-corrected chi connectivity index (χ0v) is 10.7. The highest BCUT2D eigenvalue weighted by Gasteiger charge is 2.18. The maximum absolute atomic E-state index is 5.86. The topological polar surface area (TPSA) is 87.8 Å². The second-order valence-electron chi connectivity index (χ2n) is 3.96. The van der Waals surface area contributed by atoms with Crippen molar-refractivity contribution in [1.82, 2.24) is 29.7 Å². The molecule has 0 unspecified atom stereocenters. The van der Waals surface area contributed by atoms with Crippen molar-refractivity contribution < 1.29 is 9.47 Å². The lowest BCUT2D eigenvalue weighted by atomic mass is 10.2. The summed E-state index contributed by atoms with van der Waals surface area (Å²) < 4.78 is 12.3. The van der Waals surface area contributed by atoms with Crippen LogP contribution >= 0.6 is 11.6 Å². The third-order valence-electron chi connectivity index (χ3n) is 2.64. The molecule has 3 heterocycles. The van der Waals surface area contributed by atoms with Gasteiger partial charge in [-0.25, -0.2) is 4.98 Å². The Morgan fingerprint density at radius 1 is 1.26 bits per heavy atom. The van der Waals surface area contributed by atoms with Gasteiger partial charge in [-0.3, -0.25) is 0 Å². The van der Waals surface area contributed by atoms with Crippen molar-refractivity contribution in [2.75, 3.05) is 13.2 Å². The fourth-order valence-corrected chi connectivity index (χ4v) is 1.88. The van der Waals surface area contributed by atoms with Crippen LogP contribution in [0.4, 0.5) is 0 Å². The predicted molar refractivity (Wildman–Crippen MR) is 64.2 cm³/mol. The van der Waals surface area contributed by atoms with Crippen molar-refractivity contribution in [3.63, 3.8) is 0 Å². The van der Waals surface area contributed by atoms with Gasteiger partial charge in [0.15, 0.2) is 0 Å². The largest absolute Gasteiger partial charge is 0.460 e. The zero-order chi connectivity index (χ0) is 13.1. The first-order valence-electron chi connectivity index (χ1n) is 5.82. The lowest BCUT2D eigenvalue weighted by molar-refractivity contribution is 0.0216. The van der Waals surface area contributed by atoms with Crippen LogP contribution in [0, 0.1) is 0 Å². The van der Waals surface area contributed by atoms with E-state index < -0.39 is 0 Å². The van der Waals surface area contributed by atoms with Gasteiger partial charge in [-0.1, -0.05) is 0 Å². The number of rotatable bonds is 3. The lowest BCUT2D eigenvalue weighted by Crippen LogP contribution is -2.26. The first kappa shape index (κ1) is 12.2. The van der Waals surface area contributed by atoms with Crippen molar-refractivity contribution in [3.8, 4) is 12.0 Å². The molecule has 1 fully saturated rings. The van der Waals surface area contributed by atoms with Crippen LogP contribution in [-0.2, 0) is 4.74 Å². The number of hydrogen-bond donors (Lipinski definition) is 0. The summed E-state index contributed by atoms with van der Waals surface area (Å²) in [5, 5.41) is 3.99. The van der Waals surface area contributed by atoms with Crippen LogP contribution in [0.25, 0.3) is 5.95 Å². The Morgan fingerprint density at radius 2 is 2.11 bits per heavy atom. The van der Waals surface area contributed by atoms with E-state index >= 15 is 0 Å². The Hall–Kier alpha value is -1.80. The number of nitrogens with zero attached hydrogens (tertiary/aromatic N) is 6. The number of aromatic nitrogens is 6. The molecule has 100 valence electrons. The molecule has 0 N–H and O–H groups in total. The Bertz CT molecular complexity index is 543. The smallest absolute Gasteiger partial charge is 0.322 e. The van der Waals surface area contributed by atoms with E-state index in [0.717, 1.165) is 12.8 Å². The van der Waals surface area contributed by atoms with E-state index in [1.165, 1.54) is 17.3 Å². The standard InChI is InChI=1S/C10H11ClN6O2/c11-8-14-9(17-6-12-5-13-17)16-10(15-8)19-7-1-3-18-4-2-7/h5-7H,1-4H2. The van der Waals surface area contributed by atoms with Gasteiger partial charge in [0, 0.05) is 12.8 Å². The van der Waals surface area contributed by atoms with E-state index in [1.54, 1.807) is 0 Å². The molecule has 0 amide bonds. The average Bonchev–Trinajstić information content (AvgIpc) is 2.93. The van der Waals surface area contributed by atoms with E-state index in [-0.39, 0.29) is 23.3 Å². The summed E-state index contributed by atoms with van der Waals surface area (Å²) in [4.78, 5) is 15.9. The van der Waals surface area contributed by atoms with Crippen molar-refractivity contribution in [2.24, 2.45) is 0 Å². The van der Waals surface area contributed by atoms with Crippen LogP contribution in [-0.4, -0.2) is 49.0 Å². The van der Waals surface area contributed by atoms with Gasteiger partial charge in [0.2, 0.25) is 5.28 Å². The maximum Gasteiger partial charge on any atom is 0.322 e. The van der Waals surface area contributed by atoms with Crippen molar-refractivity contribution >= 4 is 11.6 Å². The molecular weight excluding hydrogens is 272 g/mol. The Labute approximate surface area is 113 Å². The maximum atomic E-state index is 5.86. The molecule has 0 bridgehead atoms. The normalized spacial score (nSPS) is 16.5. The van der Waals surface area contributed by atoms with E-state index in [9.17, 15) is 0 Å². The van der Waals surface area contributed by atoms with Crippen LogP contribution < -0.4 is 4.74 Å². The third kappa shape index (κ3) is 2.96. The van der Waals surface area contributed by atoms with Gasteiger partial charge in [-0.05, 0) is 11.6 Å². The minimum absolute atomic E-state index is 0.0378. The summed E-state index contributed by atoms with van der Waals surface area (Å²) >= 11 is 5.86. The highest BCUT2D eigenvalue weighted by molar-refractivity contribution is 6.28. The van der Waals surface area contributed by atoms with E-state index in [0.29, 0.717) is 13.2 Å². The van der Waals surface area contributed by atoms with Gasteiger partial charge in [0.05, 0.1) is 13.2 Å². The Balaban J connectivity index is 1.81. The second kappa shape index (κ2) is 5.45. The fourth-order valence-electron chi connectivity index (χ4n) is 1.73. The van der Waals surface area contributed by atoms with Crippen molar-refractivity contribution in [2.45, 2.75) is 18.9 Å². The summed E-state index contributed by atoms with van der Waals surface area (Å²) in [6.07, 6.45) is 4.51. The molecule has 2 aromatic heterocycles. The minimum atomic E-state index is 0.0378. The molecule has 1 aliphatic rings. The van der Waals surface area contributed by atoms with E-state index in [1.807, 2.05) is 0 Å². The van der Waals surface area contributed by atoms with Gasteiger partial charge in [0.1, 0.15) is 18.8 Å². The van der Waals surface area contributed by atoms with Gasteiger partial charge < -0.3 is 9.47 Å². The Kier molecular flexibility index (Phi) is 3.51. The van der Waals surface area contributed by atoms with Gasteiger partial charge in [-0.2, -0.15) is 24.7 Å². The lowest BCUT2D eigenvalue weighted by Gasteiger charge is -2.22. The van der Waals surface area contributed by atoms with Gasteiger partial charge in [0.25, 0.3) is 5.95 Å². The molecule has 3 rings (SSSR count). The van der Waals surface area contributed by atoms with Crippen LogP contribution in [0.5, 0.6) is 6.01 Å². The molecule has 0 aliphatic carbocycles. The summed E-state index contributed by atoms with van der Waals surface area (Å²) in [6.45, 7) is 1.36. The molecule has 1 aliphatic heterocycles. The zero-order valence-electron chi connectivity index (χ0n) is 9.94. The third-order valence-corrected chi connectivity index (χ3v) is 2.81. The molecule has 0 radical (unpaired) electrons. The molecule has 0 atom stereocenters. The first-order valence-corrected chi connectivity index (χ1v) is 6.20. The molecule has 2 aromatic rings. The molecule has 0 saturated carbocycles. The monoisotopic (exact) mass is 282 g/mol. The number of hydrogen-bond acceptors (Lipinski definition) is 7. The van der Waals surface area contributed by atoms with Crippen LogP contribution in [0.15, 0.2) is 12.7 Å². The van der Waals surface area contributed by atoms with Crippen molar-refractivity contribution in [3.05, 3.63) is 17.9 Å². The molecule has 19 heavy (non-hydrogen) atoms. The van der Waals surface area contributed by atoms with Gasteiger partial charge in [-0.15, -0.1) is 0 Å². The second-order valence-corrected chi connectivity index (χ2v) is 4.29. The average molecular weight is 283 g/mol. The first-order chi connectivity index (χ1) is 9.31. The van der Waals surface area contributed by atoms with Gasteiger partial charge >= 0.3 is 6.01 Å². The molecule has 8 nitrogen and oxygen atoms in total. The highest BCUT2D eigenvalue weighted by Crippen LogP contribution is 2.16. The molecule has 1 saturated heterocycles. The molecule has 0 spiro atoms. The summed E-state index contributed by atoms with van der Waals surface area (Å²) in [5.74, 6) is 0.277. The highest BCUT2D eigenvalue weighted by atomic mass is 35.5. The molecular formula is C10H11ClN6O2. The SMILES string of the molecule is Clc1nc(OC2CCOCC2)nc(-n2cncn2)n1. The van der Waals surface area contributed by atoms with E-state index in [4.69, 9.17) is 21.1 Å². The van der Waals surface area contributed by atoms with Crippen LogP contribution in [0.1, 0.15) is 12.8 Å². The van der Waals surface area contributed by atoms with E-state index in [2.05, 4.69) is 25.0 Å². The van der Waals surface area contributed by atoms with Crippen LogP contribution in [0.2, 0.25) is 5.28 Å². The minimum Gasteiger partial charge on any atom is -0.460 e. The predicted octanol–water partition coefficient (Wildman–Crippen LogP) is 0.663. The molecule has 0 aromatic carbocycles. The number of ether oxygens (including phenoxy) is 2. The number of halogens is 1. The summed E-state index contributed by atoms with van der Waals surface area (Å²) in [5.41, 5.74) is 0.